The van der Waals surface area contributed by atoms with Crippen molar-refractivity contribution >= 4 is 12.0 Å². The van der Waals surface area contributed by atoms with E-state index in [0.717, 1.165) is 43.1 Å². The first kappa shape index (κ1) is 20.6. The first-order chi connectivity index (χ1) is 13.2. The number of aromatic nitrogens is 1. The number of nitrogens with zero attached hydrogens (tertiary/aromatic N) is 4. The summed E-state index contributed by atoms with van der Waals surface area (Å²) in [6.07, 6.45) is 1.15. The van der Waals surface area contributed by atoms with E-state index in [2.05, 4.69) is 10.1 Å². The van der Waals surface area contributed by atoms with Gasteiger partial charge in [-0.25, -0.2) is 4.79 Å². The monoisotopic (exact) mass is 392 g/mol. The molecular formula is C20H32N4O4. The Bertz CT molecular complexity index is 697. The summed E-state index contributed by atoms with van der Waals surface area (Å²) in [4.78, 5) is 31.3. The second kappa shape index (κ2) is 8.11. The van der Waals surface area contributed by atoms with Crippen molar-refractivity contribution in [3.05, 3.63) is 17.0 Å². The summed E-state index contributed by atoms with van der Waals surface area (Å²) >= 11 is 0. The number of hydrogen-bond donors (Lipinski definition) is 0. The lowest BCUT2D eigenvalue weighted by molar-refractivity contribution is -0.137. The smallest absolute Gasteiger partial charge is 0.410 e. The number of carbonyl (C=O) groups excluding carboxylic acids is 2. The Labute approximate surface area is 166 Å². The summed E-state index contributed by atoms with van der Waals surface area (Å²) in [5, 5.41) is 4.01. The van der Waals surface area contributed by atoms with Gasteiger partial charge >= 0.3 is 6.09 Å². The van der Waals surface area contributed by atoms with Gasteiger partial charge in [-0.1, -0.05) is 5.16 Å². The molecule has 3 heterocycles. The van der Waals surface area contributed by atoms with E-state index in [9.17, 15) is 9.59 Å². The molecule has 0 N–H and O–H groups in total. The third kappa shape index (κ3) is 4.66. The summed E-state index contributed by atoms with van der Waals surface area (Å²) in [5.74, 6) is 0.898. The van der Waals surface area contributed by atoms with Crippen molar-refractivity contribution in [1.82, 2.24) is 19.9 Å². The SMILES string of the molecule is Cc1noc(C)c1CN1CCN(C(=O)C2CCCN2C(=O)OC(C)(C)C)CC1. The van der Waals surface area contributed by atoms with Gasteiger partial charge in [0.1, 0.15) is 17.4 Å². The molecule has 2 fully saturated rings. The van der Waals surface area contributed by atoms with Gasteiger partial charge in [0, 0.05) is 44.8 Å². The van der Waals surface area contributed by atoms with Gasteiger partial charge < -0.3 is 14.2 Å². The highest BCUT2D eigenvalue weighted by Crippen LogP contribution is 2.23. The van der Waals surface area contributed by atoms with Crippen molar-refractivity contribution in [2.75, 3.05) is 32.7 Å². The number of ether oxygens (including phenoxy) is 1. The van der Waals surface area contributed by atoms with Crippen LogP contribution in [-0.2, 0) is 16.1 Å². The summed E-state index contributed by atoms with van der Waals surface area (Å²) in [6.45, 7) is 13.7. The molecule has 2 amide bonds. The molecule has 156 valence electrons. The first-order valence-electron chi connectivity index (χ1n) is 10.1. The van der Waals surface area contributed by atoms with Crippen LogP contribution in [0.15, 0.2) is 4.52 Å². The van der Waals surface area contributed by atoms with Crippen molar-refractivity contribution in [3.63, 3.8) is 0 Å². The number of rotatable bonds is 3. The Morgan fingerprint density at radius 2 is 1.82 bits per heavy atom. The predicted octanol–water partition coefficient (Wildman–Crippen LogP) is 2.34. The van der Waals surface area contributed by atoms with Crippen LogP contribution in [0.1, 0.15) is 50.6 Å². The van der Waals surface area contributed by atoms with E-state index in [4.69, 9.17) is 9.26 Å². The van der Waals surface area contributed by atoms with E-state index in [-0.39, 0.29) is 12.0 Å². The molecular weight excluding hydrogens is 360 g/mol. The van der Waals surface area contributed by atoms with Gasteiger partial charge in [0.25, 0.3) is 0 Å². The molecule has 2 aliphatic rings. The first-order valence-corrected chi connectivity index (χ1v) is 10.1. The molecule has 1 unspecified atom stereocenters. The van der Waals surface area contributed by atoms with E-state index in [0.29, 0.717) is 26.1 Å². The van der Waals surface area contributed by atoms with Crippen molar-refractivity contribution in [2.45, 2.75) is 65.6 Å². The molecule has 0 spiro atoms. The fourth-order valence-electron chi connectivity index (χ4n) is 3.85. The van der Waals surface area contributed by atoms with Gasteiger partial charge in [0.2, 0.25) is 5.91 Å². The minimum Gasteiger partial charge on any atom is -0.444 e. The largest absolute Gasteiger partial charge is 0.444 e. The van der Waals surface area contributed by atoms with Crippen LogP contribution >= 0.6 is 0 Å². The third-order valence-corrected chi connectivity index (χ3v) is 5.41. The molecule has 3 rings (SSSR count). The molecule has 0 bridgehead atoms. The van der Waals surface area contributed by atoms with Crippen molar-refractivity contribution in [2.24, 2.45) is 0 Å². The van der Waals surface area contributed by atoms with Crippen LogP contribution in [0.25, 0.3) is 0 Å². The van der Waals surface area contributed by atoms with Crippen molar-refractivity contribution in [3.8, 4) is 0 Å². The topological polar surface area (TPSA) is 79.1 Å². The molecule has 0 aromatic carbocycles. The zero-order chi connectivity index (χ0) is 20.5. The van der Waals surface area contributed by atoms with Gasteiger partial charge in [-0.15, -0.1) is 0 Å². The van der Waals surface area contributed by atoms with Crippen LogP contribution in [0.2, 0.25) is 0 Å². The normalized spacial score (nSPS) is 21.2. The minimum atomic E-state index is -0.558. The molecule has 28 heavy (non-hydrogen) atoms. The molecule has 2 aliphatic heterocycles. The van der Waals surface area contributed by atoms with Crippen LogP contribution in [0.5, 0.6) is 0 Å². The Balaban J connectivity index is 1.55. The zero-order valence-corrected chi connectivity index (χ0v) is 17.7. The van der Waals surface area contributed by atoms with Gasteiger partial charge in [0.15, 0.2) is 0 Å². The standard InChI is InChI=1S/C20H32N4O4/c1-14-16(15(2)28-21-14)13-22-9-11-23(12-10-22)18(25)17-7-6-8-24(17)19(26)27-20(3,4)5/h17H,6-13H2,1-5H3. The molecule has 1 atom stereocenters. The van der Waals surface area contributed by atoms with E-state index < -0.39 is 11.6 Å². The lowest BCUT2D eigenvalue weighted by Gasteiger charge is -2.37. The maximum Gasteiger partial charge on any atom is 0.410 e. The van der Waals surface area contributed by atoms with Crippen LogP contribution in [0.4, 0.5) is 4.79 Å². The average Bonchev–Trinajstić information content (AvgIpc) is 3.23. The quantitative estimate of drug-likeness (QED) is 0.786. The fourth-order valence-corrected chi connectivity index (χ4v) is 3.85. The van der Waals surface area contributed by atoms with Gasteiger partial charge in [-0.05, 0) is 47.5 Å². The Morgan fingerprint density at radius 3 is 2.39 bits per heavy atom. The van der Waals surface area contributed by atoms with Crippen LogP contribution < -0.4 is 0 Å². The lowest BCUT2D eigenvalue weighted by atomic mass is 10.1. The highest BCUT2D eigenvalue weighted by molar-refractivity contribution is 5.86. The Morgan fingerprint density at radius 1 is 1.14 bits per heavy atom. The maximum atomic E-state index is 13.0. The van der Waals surface area contributed by atoms with Crippen LogP contribution in [-0.4, -0.2) is 76.2 Å². The molecule has 8 heteroatoms. The zero-order valence-electron chi connectivity index (χ0n) is 17.7. The van der Waals surface area contributed by atoms with Gasteiger partial charge in [0.05, 0.1) is 5.69 Å². The fraction of sp³-hybridized carbons (Fsp3) is 0.750. The number of amides is 2. The van der Waals surface area contributed by atoms with Gasteiger partial charge in [-0.2, -0.15) is 0 Å². The molecule has 1 aromatic rings. The highest BCUT2D eigenvalue weighted by atomic mass is 16.6. The summed E-state index contributed by atoms with van der Waals surface area (Å²) < 4.78 is 10.7. The van der Waals surface area contributed by atoms with E-state index in [1.807, 2.05) is 39.5 Å². The third-order valence-electron chi connectivity index (χ3n) is 5.41. The second-order valence-corrected chi connectivity index (χ2v) is 8.74. The van der Waals surface area contributed by atoms with E-state index >= 15 is 0 Å². The molecule has 0 aliphatic carbocycles. The molecule has 0 radical (unpaired) electrons. The minimum absolute atomic E-state index is 0.0420. The average molecular weight is 393 g/mol. The molecule has 2 saturated heterocycles. The number of carbonyl (C=O) groups is 2. The van der Waals surface area contributed by atoms with Crippen LogP contribution in [0.3, 0.4) is 0 Å². The number of hydrogen-bond acceptors (Lipinski definition) is 6. The van der Waals surface area contributed by atoms with E-state index in [1.54, 1.807) is 4.90 Å². The summed E-state index contributed by atoms with van der Waals surface area (Å²) in [7, 11) is 0. The highest BCUT2D eigenvalue weighted by Gasteiger charge is 2.39. The second-order valence-electron chi connectivity index (χ2n) is 8.74. The van der Waals surface area contributed by atoms with Crippen molar-refractivity contribution < 1.29 is 18.8 Å². The molecule has 8 nitrogen and oxygen atoms in total. The number of piperazine rings is 1. The van der Waals surface area contributed by atoms with Crippen molar-refractivity contribution in [1.29, 1.82) is 0 Å². The number of likely N-dealkylation sites (tertiary alicyclic amines) is 1. The Kier molecular flexibility index (Phi) is 5.98. The molecule has 0 saturated carbocycles. The predicted molar refractivity (Wildman–Crippen MR) is 104 cm³/mol. The van der Waals surface area contributed by atoms with Crippen LogP contribution in [0, 0.1) is 13.8 Å². The summed E-state index contributed by atoms with van der Waals surface area (Å²) in [5.41, 5.74) is 1.50. The Hall–Kier alpha value is -2.09. The lowest BCUT2D eigenvalue weighted by Crippen LogP contribution is -2.54. The maximum absolute atomic E-state index is 13.0. The summed E-state index contributed by atoms with van der Waals surface area (Å²) in [6, 6.07) is -0.399. The molecule has 1 aromatic heterocycles. The van der Waals surface area contributed by atoms with E-state index in [1.165, 1.54) is 0 Å². The van der Waals surface area contributed by atoms with Gasteiger partial charge in [-0.3, -0.25) is 14.6 Å². The number of aryl methyl sites for hydroxylation is 2.